The summed E-state index contributed by atoms with van der Waals surface area (Å²) in [4.78, 5) is 35.5. The SMILES string of the molecule is C=C1CCC2[C@](C)(CCC[C@]2(C)C(=O)O)[C@H]1CCc1ccc2c(OC(C)=O)ccc(OC(C)=O)c2c1. The van der Waals surface area contributed by atoms with Gasteiger partial charge in [0.2, 0.25) is 0 Å². The zero-order chi connectivity index (χ0) is 26.3. The highest BCUT2D eigenvalue weighted by atomic mass is 16.5. The maximum atomic E-state index is 12.3. The third kappa shape index (κ3) is 4.65. The Morgan fingerprint density at radius 3 is 2.25 bits per heavy atom. The van der Waals surface area contributed by atoms with Crippen LogP contribution in [0.3, 0.4) is 0 Å². The first-order valence-corrected chi connectivity index (χ1v) is 12.8. The average molecular weight is 493 g/mol. The minimum atomic E-state index is -0.694. The van der Waals surface area contributed by atoms with Crippen molar-refractivity contribution in [2.45, 2.75) is 72.6 Å². The van der Waals surface area contributed by atoms with Crippen LogP contribution in [0, 0.1) is 22.7 Å². The molecule has 0 aliphatic heterocycles. The molecule has 2 aliphatic carbocycles. The molecular formula is C30H36O6. The molecule has 6 nitrogen and oxygen atoms in total. The Balaban J connectivity index is 1.64. The molecule has 36 heavy (non-hydrogen) atoms. The monoisotopic (exact) mass is 492 g/mol. The van der Waals surface area contributed by atoms with Crippen LogP contribution < -0.4 is 9.47 Å². The van der Waals surface area contributed by atoms with Gasteiger partial charge in [-0.25, -0.2) is 0 Å². The van der Waals surface area contributed by atoms with Gasteiger partial charge < -0.3 is 14.6 Å². The zero-order valence-corrected chi connectivity index (χ0v) is 21.7. The Morgan fingerprint density at radius 1 is 1.00 bits per heavy atom. The number of carbonyl (C=O) groups excluding carboxylic acids is 2. The molecule has 4 rings (SSSR count). The van der Waals surface area contributed by atoms with E-state index in [1.165, 1.54) is 19.4 Å². The van der Waals surface area contributed by atoms with Crippen LogP contribution >= 0.6 is 0 Å². The van der Waals surface area contributed by atoms with E-state index in [-0.39, 0.29) is 17.3 Å². The van der Waals surface area contributed by atoms with Crippen molar-refractivity contribution in [2.75, 3.05) is 0 Å². The summed E-state index contributed by atoms with van der Waals surface area (Å²) < 4.78 is 10.8. The number of carbonyl (C=O) groups is 3. The first-order valence-electron chi connectivity index (χ1n) is 12.8. The lowest BCUT2D eigenvalue weighted by Crippen LogP contribution is -2.53. The van der Waals surface area contributed by atoms with E-state index in [4.69, 9.17) is 9.47 Å². The second kappa shape index (κ2) is 9.72. The van der Waals surface area contributed by atoms with E-state index in [1.807, 2.05) is 25.1 Å². The summed E-state index contributed by atoms with van der Waals surface area (Å²) in [5, 5.41) is 11.5. The summed E-state index contributed by atoms with van der Waals surface area (Å²) >= 11 is 0. The van der Waals surface area contributed by atoms with Gasteiger partial charge in [0.05, 0.1) is 5.41 Å². The van der Waals surface area contributed by atoms with Crippen LogP contribution in [0.2, 0.25) is 0 Å². The van der Waals surface area contributed by atoms with Crippen molar-refractivity contribution in [3.05, 3.63) is 48.0 Å². The Kier molecular flexibility index (Phi) is 7.00. The lowest BCUT2D eigenvalue weighted by Gasteiger charge is -2.57. The normalized spacial score (nSPS) is 27.8. The van der Waals surface area contributed by atoms with Crippen LogP contribution in [-0.4, -0.2) is 23.0 Å². The number of ether oxygens (including phenoxy) is 2. The molecule has 0 aromatic heterocycles. The molecule has 1 unspecified atom stereocenters. The molecule has 0 bridgehead atoms. The van der Waals surface area contributed by atoms with Gasteiger partial charge in [-0.05, 0) is 86.5 Å². The zero-order valence-electron chi connectivity index (χ0n) is 21.7. The molecule has 2 fully saturated rings. The number of hydrogen-bond donors (Lipinski definition) is 1. The van der Waals surface area contributed by atoms with Gasteiger partial charge in [0.15, 0.2) is 0 Å². The highest BCUT2D eigenvalue weighted by Gasteiger charge is 2.57. The molecule has 0 radical (unpaired) electrons. The smallest absolute Gasteiger partial charge is 0.309 e. The summed E-state index contributed by atoms with van der Waals surface area (Å²) in [6.07, 6.45) is 6.08. The van der Waals surface area contributed by atoms with Crippen LogP contribution in [-0.2, 0) is 20.8 Å². The Labute approximate surface area is 212 Å². The fourth-order valence-corrected chi connectivity index (χ4v) is 7.03. The van der Waals surface area contributed by atoms with Crippen molar-refractivity contribution in [1.82, 2.24) is 0 Å². The molecule has 1 N–H and O–H groups in total. The lowest BCUT2D eigenvalue weighted by atomic mass is 9.46. The van der Waals surface area contributed by atoms with E-state index in [9.17, 15) is 19.5 Å². The molecule has 0 heterocycles. The van der Waals surface area contributed by atoms with Crippen molar-refractivity contribution in [1.29, 1.82) is 0 Å². The van der Waals surface area contributed by atoms with Gasteiger partial charge >= 0.3 is 17.9 Å². The van der Waals surface area contributed by atoms with Crippen molar-refractivity contribution in [3.8, 4) is 11.5 Å². The topological polar surface area (TPSA) is 89.9 Å². The van der Waals surface area contributed by atoms with Crippen LogP contribution in [0.25, 0.3) is 10.8 Å². The predicted octanol–water partition coefficient (Wildman–Crippen LogP) is 6.49. The van der Waals surface area contributed by atoms with E-state index in [2.05, 4.69) is 13.5 Å². The number of fused-ring (bicyclic) bond motifs is 2. The minimum absolute atomic E-state index is 0.0943. The minimum Gasteiger partial charge on any atom is -0.481 e. The number of benzene rings is 2. The Bertz CT molecular complexity index is 1230. The van der Waals surface area contributed by atoms with Crippen LogP contribution in [0.5, 0.6) is 11.5 Å². The van der Waals surface area contributed by atoms with E-state index >= 15 is 0 Å². The van der Waals surface area contributed by atoms with Gasteiger partial charge in [-0.2, -0.15) is 0 Å². The highest BCUT2D eigenvalue weighted by molar-refractivity contribution is 5.96. The number of esters is 2. The molecule has 0 spiro atoms. The number of rotatable bonds is 6. The lowest BCUT2D eigenvalue weighted by molar-refractivity contribution is -0.164. The van der Waals surface area contributed by atoms with Gasteiger partial charge in [0, 0.05) is 24.6 Å². The van der Waals surface area contributed by atoms with Gasteiger partial charge in [-0.15, -0.1) is 0 Å². The summed E-state index contributed by atoms with van der Waals surface area (Å²) in [6.45, 7) is 11.3. The van der Waals surface area contributed by atoms with Crippen molar-refractivity contribution < 1.29 is 29.0 Å². The molecular weight excluding hydrogens is 456 g/mol. The molecule has 192 valence electrons. The number of hydrogen-bond acceptors (Lipinski definition) is 5. The summed E-state index contributed by atoms with van der Waals surface area (Å²) in [6, 6.07) is 9.19. The third-order valence-corrected chi connectivity index (χ3v) is 8.74. The van der Waals surface area contributed by atoms with Crippen molar-refractivity contribution in [3.63, 3.8) is 0 Å². The molecule has 2 saturated carbocycles. The molecule has 0 saturated heterocycles. The summed E-state index contributed by atoms with van der Waals surface area (Å²) in [7, 11) is 0. The Morgan fingerprint density at radius 2 is 1.64 bits per heavy atom. The number of allylic oxidation sites excluding steroid dienone is 1. The van der Waals surface area contributed by atoms with E-state index in [0.29, 0.717) is 22.3 Å². The number of carboxylic acids is 1. The van der Waals surface area contributed by atoms with Crippen molar-refractivity contribution >= 4 is 28.7 Å². The fraction of sp³-hybridized carbons (Fsp3) is 0.500. The summed E-state index contributed by atoms with van der Waals surface area (Å²) in [5.74, 6) is -0.296. The molecule has 2 aromatic rings. The first kappa shape index (κ1) is 25.9. The van der Waals surface area contributed by atoms with Crippen molar-refractivity contribution in [2.24, 2.45) is 22.7 Å². The van der Waals surface area contributed by atoms with E-state index < -0.39 is 23.3 Å². The number of aliphatic carboxylic acids is 1. The largest absolute Gasteiger partial charge is 0.481 e. The average Bonchev–Trinajstić information content (AvgIpc) is 2.79. The van der Waals surface area contributed by atoms with E-state index in [0.717, 1.165) is 50.5 Å². The van der Waals surface area contributed by atoms with Crippen LogP contribution in [0.15, 0.2) is 42.5 Å². The molecule has 0 amide bonds. The van der Waals surface area contributed by atoms with Crippen LogP contribution in [0.1, 0.15) is 71.8 Å². The van der Waals surface area contributed by atoms with Gasteiger partial charge in [0.25, 0.3) is 0 Å². The number of aryl methyl sites for hydroxylation is 1. The molecule has 2 aliphatic rings. The predicted molar refractivity (Wildman–Crippen MR) is 138 cm³/mol. The molecule has 6 heteroatoms. The maximum absolute atomic E-state index is 12.3. The van der Waals surface area contributed by atoms with Gasteiger partial charge in [0.1, 0.15) is 11.5 Å². The molecule has 4 atom stereocenters. The van der Waals surface area contributed by atoms with E-state index in [1.54, 1.807) is 12.1 Å². The third-order valence-electron chi connectivity index (χ3n) is 8.74. The fourth-order valence-electron chi connectivity index (χ4n) is 7.03. The van der Waals surface area contributed by atoms with Crippen LogP contribution in [0.4, 0.5) is 0 Å². The van der Waals surface area contributed by atoms with Gasteiger partial charge in [-0.3, -0.25) is 14.4 Å². The number of carboxylic acid groups (broad SMARTS) is 1. The Hall–Kier alpha value is -3.15. The van der Waals surface area contributed by atoms with Gasteiger partial charge in [-0.1, -0.05) is 37.6 Å². The quantitative estimate of drug-likeness (QED) is 0.282. The second-order valence-corrected chi connectivity index (χ2v) is 11.1. The second-order valence-electron chi connectivity index (χ2n) is 11.1. The maximum Gasteiger partial charge on any atom is 0.309 e. The summed E-state index contributed by atoms with van der Waals surface area (Å²) in [5.41, 5.74) is 1.51. The molecule has 2 aromatic carbocycles. The standard InChI is InChI=1S/C30H36O6/c1-18-7-14-27-29(4,15-6-16-30(27,5)28(33)34)24(18)11-9-21-8-10-22-23(17-21)26(36-20(3)32)13-12-25(22)35-19(2)31/h8,10,12-13,17,24,27H,1,6-7,9,11,14-16H2,2-5H3,(H,33,34)/t24-,27?,29+,30-/m0/s1. The highest BCUT2D eigenvalue weighted by Crippen LogP contribution is 2.62. The first-order chi connectivity index (χ1) is 17.0.